The lowest BCUT2D eigenvalue weighted by atomic mass is 9.43. The van der Waals surface area contributed by atoms with Crippen LogP contribution in [0.25, 0.3) is 0 Å². The van der Waals surface area contributed by atoms with Crippen LogP contribution in [0.2, 0.25) is 0 Å². The van der Waals surface area contributed by atoms with Gasteiger partial charge in [-0.25, -0.2) is 4.79 Å². The highest BCUT2D eigenvalue weighted by Gasteiger charge is 2.65. The second-order valence-electron chi connectivity index (χ2n) is 12.0. The molecule has 1 amide bonds. The maximum Gasteiger partial charge on any atom is 0.407 e. The van der Waals surface area contributed by atoms with Gasteiger partial charge >= 0.3 is 18.0 Å². The molecule has 4 fully saturated rings. The lowest BCUT2D eigenvalue weighted by Crippen LogP contribution is -2.64. The zero-order valence-corrected chi connectivity index (χ0v) is 24.1. The molecule has 0 radical (unpaired) electrons. The summed E-state index contributed by atoms with van der Waals surface area (Å²) < 4.78 is 14.2. The Hall–Kier alpha value is -0.960. The molecule has 4 rings (SSSR count). The van der Waals surface area contributed by atoms with Gasteiger partial charge in [0.2, 0.25) is 3.79 Å². The molecule has 4 saturated carbocycles. The number of methoxy groups -OCH3 is 1. The minimum absolute atomic E-state index is 0.0339. The van der Waals surface area contributed by atoms with Crippen LogP contribution in [0.3, 0.4) is 0 Å². The Kier molecular flexibility index (Phi) is 8.28. The number of aliphatic hydroxyl groups is 1. The van der Waals surface area contributed by atoms with E-state index in [-0.39, 0.29) is 52.4 Å². The molecule has 11 heteroatoms. The van der Waals surface area contributed by atoms with E-state index in [1.165, 1.54) is 14.0 Å². The number of alkyl carbamates (subject to hydrolysis) is 1. The summed E-state index contributed by atoms with van der Waals surface area (Å²) in [5.41, 5.74) is -0.659. The third-order valence-corrected chi connectivity index (χ3v) is 10.4. The third kappa shape index (κ3) is 5.55. The fourth-order valence-electron chi connectivity index (χ4n) is 8.78. The molecule has 0 saturated heterocycles. The van der Waals surface area contributed by atoms with Crippen molar-refractivity contribution in [2.45, 2.75) is 87.8 Å². The number of amides is 1. The van der Waals surface area contributed by atoms with Crippen LogP contribution in [0.1, 0.15) is 65.7 Å². The van der Waals surface area contributed by atoms with Gasteiger partial charge in [0.25, 0.3) is 0 Å². The van der Waals surface area contributed by atoms with Crippen molar-refractivity contribution in [1.29, 1.82) is 0 Å². The quantitative estimate of drug-likeness (QED) is 0.278. The number of esters is 2. The van der Waals surface area contributed by atoms with E-state index in [1.807, 2.05) is 0 Å². The largest absolute Gasteiger partial charge is 0.469 e. The number of hydrogen-bond acceptors (Lipinski definition) is 7. The van der Waals surface area contributed by atoms with Crippen LogP contribution in [0.4, 0.5) is 4.79 Å². The number of alkyl halides is 3. The first-order valence-electron chi connectivity index (χ1n) is 13.1. The number of hydrogen-bond donors (Lipinski definition) is 2. The molecule has 2 N–H and O–H groups in total. The third-order valence-electron chi connectivity index (χ3n) is 10.1. The number of carbonyl (C=O) groups is 3. The molecule has 0 aromatic rings. The first kappa shape index (κ1) is 29.0. The predicted octanol–water partition coefficient (Wildman–Crippen LogP) is 4.80. The summed E-state index contributed by atoms with van der Waals surface area (Å²) in [6.45, 7) is 5.31. The van der Waals surface area contributed by atoms with Crippen molar-refractivity contribution in [3.63, 3.8) is 0 Å². The van der Waals surface area contributed by atoms with Crippen molar-refractivity contribution in [1.82, 2.24) is 5.32 Å². The molecule has 0 heterocycles. The number of rotatable bonds is 4. The van der Waals surface area contributed by atoms with E-state index in [0.29, 0.717) is 19.3 Å². The fraction of sp³-hybridized carbons (Fsp3) is 0.885. The van der Waals surface area contributed by atoms with E-state index < -0.39 is 34.7 Å². The average Bonchev–Trinajstić information content (AvgIpc) is 3.13. The molecule has 0 aliphatic heterocycles. The average molecular weight is 583 g/mol. The highest BCUT2D eigenvalue weighted by Crippen LogP contribution is 2.67. The topological polar surface area (TPSA) is 111 Å². The summed E-state index contributed by atoms with van der Waals surface area (Å²) in [6, 6.07) is -0.319. The van der Waals surface area contributed by atoms with Gasteiger partial charge in [0.05, 0.1) is 19.1 Å². The van der Waals surface area contributed by atoms with E-state index in [1.54, 1.807) is 0 Å². The fourth-order valence-corrected chi connectivity index (χ4v) is 8.95. The van der Waals surface area contributed by atoms with Gasteiger partial charge in [0.15, 0.2) is 0 Å². The monoisotopic (exact) mass is 581 g/mol. The van der Waals surface area contributed by atoms with Crippen molar-refractivity contribution >= 4 is 52.8 Å². The van der Waals surface area contributed by atoms with Crippen LogP contribution >= 0.6 is 34.8 Å². The standard InChI is InChI=1S/C26H38Cl3NO7/c1-13(31)37-20-11-24(2)14(9-19(20)32)5-6-15-16-7-8-17(22(33)35-4)25(16,3)10-18(21(15)24)30-23(34)36-12-26(27,28)29/h14-21,32H,5-12H2,1-4H3,(H,30,34)/t14-,15-,16-,17+,18+,19-,20-,21+,24-,25-/m0/s1. The van der Waals surface area contributed by atoms with Crippen LogP contribution in [0.15, 0.2) is 0 Å². The first-order valence-corrected chi connectivity index (χ1v) is 14.3. The van der Waals surface area contributed by atoms with Crippen molar-refractivity contribution in [2.75, 3.05) is 13.7 Å². The molecule has 0 spiro atoms. The molecule has 37 heavy (non-hydrogen) atoms. The van der Waals surface area contributed by atoms with Gasteiger partial charge in [-0.05, 0) is 79.4 Å². The lowest BCUT2D eigenvalue weighted by Gasteiger charge is -2.63. The Morgan fingerprint density at radius 3 is 2.38 bits per heavy atom. The van der Waals surface area contributed by atoms with Crippen molar-refractivity contribution in [2.24, 2.45) is 40.4 Å². The SMILES string of the molecule is COC(=O)[C@H]1CC[C@H]2[C@@H]3CC[C@H]4C[C@H](O)[C@@H](OC(C)=O)C[C@]4(C)[C@H]3[C@H](NC(=O)OCC(Cl)(Cl)Cl)C[C@]12C. The van der Waals surface area contributed by atoms with E-state index >= 15 is 0 Å². The van der Waals surface area contributed by atoms with Crippen LogP contribution < -0.4 is 5.32 Å². The van der Waals surface area contributed by atoms with Crippen molar-refractivity contribution in [3.05, 3.63) is 0 Å². The normalized spacial score (nSPS) is 43.0. The summed E-state index contributed by atoms with van der Waals surface area (Å²) in [5.74, 6) is -0.119. The summed E-state index contributed by atoms with van der Waals surface area (Å²) in [7, 11) is 1.42. The number of nitrogens with one attached hydrogen (secondary N) is 1. The number of halogens is 3. The minimum Gasteiger partial charge on any atom is -0.469 e. The van der Waals surface area contributed by atoms with Crippen molar-refractivity contribution < 1.29 is 33.7 Å². The molecule has 8 nitrogen and oxygen atoms in total. The molecular formula is C26H38Cl3NO7. The minimum atomic E-state index is -1.73. The number of carbonyl (C=O) groups excluding carboxylic acids is 3. The van der Waals surface area contributed by atoms with E-state index in [0.717, 1.165) is 25.7 Å². The highest BCUT2D eigenvalue weighted by molar-refractivity contribution is 6.67. The Bertz CT molecular complexity index is 913. The number of ether oxygens (including phenoxy) is 3. The maximum atomic E-state index is 12.9. The van der Waals surface area contributed by atoms with Crippen LogP contribution in [0, 0.1) is 40.4 Å². The lowest BCUT2D eigenvalue weighted by molar-refractivity contribution is -0.188. The van der Waals surface area contributed by atoms with Gasteiger partial charge in [-0.2, -0.15) is 0 Å². The van der Waals surface area contributed by atoms with Gasteiger partial charge in [-0.15, -0.1) is 0 Å². The van der Waals surface area contributed by atoms with Gasteiger partial charge in [0.1, 0.15) is 12.7 Å². The zero-order valence-electron chi connectivity index (χ0n) is 21.8. The van der Waals surface area contributed by atoms with Crippen LogP contribution in [-0.4, -0.2) is 58.9 Å². The molecule has 0 aromatic heterocycles. The molecule has 0 unspecified atom stereocenters. The molecule has 210 valence electrons. The Labute approximate surface area is 233 Å². The second-order valence-corrected chi connectivity index (χ2v) is 14.6. The molecule has 4 aliphatic carbocycles. The summed E-state index contributed by atoms with van der Waals surface area (Å²) >= 11 is 17.4. The Morgan fingerprint density at radius 1 is 1.05 bits per heavy atom. The van der Waals surface area contributed by atoms with E-state index in [4.69, 9.17) is 49.0 Å². The highest BCUT2D eigenvalue weighted by atomic mass is 35.6. The molecule has 0 aromatic carbocycles. The van der Waals surface area contributed by atoms with Crippen molar-refractivity contribution in [3.8, 4) is 0 Å². The molecule has 10 atom stereocenters. The number of fused-ring (bicyclic) bond motifs is 5. The zero-order chi connectivity index (χ0) is 27.3. The second kappa shape index (κ2) is 10.5. The van der Waals surface area contributed by atoms with Gasteiger partial charge in [-0.1, -0.05) is 48.7 Å². The predicted molar refractivity (Wildman–Crippen MR) is 138 cm³/mol. The molecule has 4 aliphatic rings. The maximum absolute atomic E-state index is 12.9. The first-order chi connectivity index (χ1) is 17.2. The van der Waals surface area contributed by atoms with E-state index in [9.17, 15) is 19.5 Å². The number of aliphatic hydroxyl groups excluding tert-OH is 1. The van der Waals surface area contributed by atoms with Gasteiger partial charge in [-0.3, -0.25) is 9.59 Å². The molecular weight excluding hydrogens is 545 g/mol. The van der Waals surface area contributed by atoms with Gasteiger partial charge in [0, 0.05) is 13.0 Å². The van der Waals surface area contributed by atoms with E-state index in [2.05, 4.69) is 19.2 Å². The smallest absolute Gasteiger partial charge is 0.407 e. The Morgan fingerprint density at radius 2 is 1.76 bits per heavy atom. The summed E-state index contributed by atoms with van der Waals surface area (Å²) in [5, 5.41) is 13.9. The van der Waals surface area contributed by atoms with Gasteiger partial charge < -0.3 is 24.6 Å². The summed E-state index contributed by atoms with van der Waals surface area (Å²) in [6.07, 6.45) is 3.15. The molecule has 0 bridgehead atoms. The van der Waals surface area contributed by atoms with Crippen LogP contribution in [0.5, 0.6) is 0 Å². The van der Waals surface area contributed by atoms with Crippen LogP contribution in [-0.2, 0) is 23.8 Å². The summed E-state index contributed by atoms with van der Waals surface area (Å²) in [4.78, 5) is 37.5. The Balaban J connectivity index is 1.68.